The van der Waals surface area contributed by atoms with E-state index in [9.17, 15) is 0 Å². The maximum absolute atomic E-state index is 5.98. The summed E-state index contributed by atoms with van der Waals surface area (Å²) in [6.45, 7) is 10.4. The molecular weight excluding hydrogens is 298 g/mol. The Morgan fingerprint density at radius 3 is 2.79 bits per heavy atom. The molecule has 2 aromatic carbocycles. The van der Waals surface area contributed by atoms with Gasteiger partial charge in [0.15, 0.2) is 0 Å². The third kappa shape index (κ3) is 4.47. The summed E-state index contributed by atoms with van der Waals surface area (Å²) in [7, 11) is 0. The van der Waals surface area contributed by atoms with E-state index in [1.807, 2.05) is 0 Å². The number of hydrogen-bond donors (Lipinski definition) is 2. The number of nitrogens with one attached hydrogen (secondary N) is 2. The molecule has 1 aliphatic rings. The van der Waals surface area contributed by atoms with Gasteiger partial charge >= 0.3 is 0 Å². The molecule has 2 aromatic rings. The fourth-order valence-corrected chi connectivity index (χ4v) is 3.23. The second-order valence-corrected chi connectivity index (χ2v) is 6.38. The van der Waals surface area contributed by atoms with Crippen LogP contribution in [-0.4, -0.2) is 50.8 Å². The lowest BCUT2D eigenvalue weighted by Gasteiger charge is -2.27. The van der Waals surface area contributed by atoms with Crippen LogP contribution in [0.4, 0.5) is 0 Å². The average molecular weight is 327 g/mol. The highest BCUT2D eigenvalue weighted by Crippen LogP contribution is 2.28. The number of fused-ring (bicyclic) bond motifs is 1. The molecule has 0 aliphatic carbocycles. The van der Waals surface area contributed by atoms with Gasteiger partial charge in [0.1, 0.15) is 5.75 Å². The zero-order valence-electron chi connectivity index (χ0n) is 14.7. The molecule has 24 heavy (non-hydrogen) atoms. The first kappa shape index (κ1) is 17.2. The highest BCUT2D eigenvalue weighted by molar-refractivity contribution is 5.87. The maximum Gasteiger partial charge on any atom is 0.124 e. The van der Waals surface area contributed by atoms with E-state index in [0.29, 0.717) is 0 Å². The molecule has 0 bridgehead atoms. The van der Waals surface area contributed by atoms with Gasteiger partial charge in [-0.25, -0.2) is 0 Å². The van der Waals surface area contributed by atoms with Gasteiger partial charge < -0.3 is 15.4 Å². The van der Waals surface area contributed by atoms with E-state index in [-0.39, 0.29) is 0 Å². The minimum Gasteiger partial charge on any atom is -0.493 e. The van der Waals surface area contributed by atoms with Crippen molar-refractivity contribution < 1.29 is 4.74 Å². The minimum absolute atomic E-state index is 0.770. The number of nitrogens with zero attached hydrogens (tertiary/aromatic N) is 1. The molecule has 0 saturated carbocycles. The summed E-state index contributed by atoms with van der Waals surface area (Å²) < 4.78 is 5.98. The van der Waals surface area contributed by atoms with E-state index in [1.54, 1.807) is 0 Å². The molecule has 2 N–H and O–H groups in total. The molecule has 0 aromatic heterocycles. The minimum atomic E-state index is 0.770. The molecule has 130 valence electrons. The standard InChI is InChI=1S/C20H29N3O/c1-2-15-24-20-8-7-17-5-3-4-6-18(17)19(20)16-22-11-14-23-12-9-21-10-13-23/h3-8,21-22H,2,9-16H2,1H3. The van der Waals surface area contributed by atoms with Crippen molar-refractivity contribution in [2.75, 3.05) is 45.9 Å². The Kier molecular flexibility index (Phi) is 6.47. The van der Waals surface area contributed by atoms with Crippen LogP contribution in [0.15, 0.2) is 36.4 Å². The molecule has 0 atom stereocenters. The first-order valence-electron chi connectivity index (χ1n) is 9.15. The number of rotatable bonds is 8. The van der Waals surface area contributed by atoms with E-state index < -0.39 is 0 Å². The molecule has 4 nitrogen and oxygen atoms in total. The summed E-state index contributed by atoms with van der Waals surface area (Å²) in [5.41, 5.74) is 1.28. The lowest BCUT2D eigenvalue weighted by molar-refractivity contribution is 0.241. The normalized spacial score (nSPS) is 15.7. The van der Waals surface area contributed by atoms with Gasteiger partial charge in [0.2, 0.25) is 0 Å². The van der Waals surface area contributed by atoms with Crippen LogP contribution in [0.5, 0.6) is 5.75 Å². The van der Waals surface area contributed by atoms with E-state index in [2.05, 4.69) is 58.9 Å². The van der Waals surface area contributed by atoms with E-state index in [4.69, 9.17) is 4.74 Å². The Labute approximate surface area is 145 Å². The zero-order valence-corrected chi connectivity index (χ0v) is 14.7. The maximum atomic E-state index is 5.98. The smallest absolute Gasteiger partial charge is 0.124 e. The van der Waals surface area contributed by atoms with Crippen molar-refractivity contribution in [1.29, 1.82) is 0 Å². The second-order valence-electron chi connectivity index (χ2n) is 6.38. The molecule has 0 unspecified atom stereocenters. The molecule has 4 heteroatoms. The van der Waals surface area contributed by atoms with Gasteiger partial charge in [0, 0.05) is 51.4 Å². The topological polar surface area (TPSA) is 36.5 Å². The summed E-state index contributed by atoms with van der Waals surface area (Å²) in [6.07, 6.45) is 1.03. The third-order valence-electron chi connectivity index (χ3n) is 4.58. The Morgan fingerprint density at radius 1 is 1.12 bits per heavy atom. The number of benzene rings is 2. The van der Waals surface area contributed by atoms with E-state index >= 15 is 0 Å². The largest absolute Gasteiger partial charge is 0.493 e. The lowest BCUT2D eigenvalue weighted by atomic mass is 10.0. The van der Waals surface area contributed by atoms with Gasteiger partial charge in [0.05, 0.1) is 6.61 Å². The summed E-state index contributed by atoms with van der Waals surface area (Å²) in [5.74, 6) is 1.02. The van der Waals surface area contributed by atoms with Crippen molar-refractivity contribution >= 4 is 10.8 Å². The van der Waals surface area contributed by atoms with Crippen LogP contribution < -0.4 is 15.4 Å². The molecule has 0 amide bonds. The zero-order chi connectivity index (χ0) is 16.6. The SMILES string of the molecule is CCCOc1ccc2ccccc2c1CNCCN1CCNCC1. The first-order valence-corrected chi connectivity index (χ1v) is 9.15. The summed E-state index contributed by atoms with van der Waals surface area (Å²) in [6, 6.07) is 12.8. The molecule has 0 radical (unpaired) electrons. The monoisotopic (exact) mass is 327 g/mol. The molecule has 1 fully saturated rings. The average Bonchev–Trinajstić information content (AvgIpc) is 2.65. The quantitative estimate of drug-likeness (QED) is 0.731. The van der Waals surface area contributed by atoms with Gasteiger partial charge in [0.25, 0.3) is 0 Å². The highest BCUT2D eigenvalue weighted by Gasteiger charge is 2.10. The van der Waals surface area contributed by atoms with Gasteiger partial charge in [-0.2, -0.15) is 0 Å². The third-order valence-corrected chi connectivity index (χ3v) is 4.58. The van der Waals surface area contributed by atoms with Crippen molar-refractivity contribution in [2.24, 2.45) is 0 Å². The van der Waals surface area contributed by atoms with Crippen molar-refractivity contribution in [3.05, 3.63) is 42.0 Å². The van der Waals surface area contributed by atoms with Crippen LogP contribution in [0, 0.1) is 0 Å². The van der Waals surface area contributed by atoms with Crippen LogP contribution in [-0.2, 0) is 6.54 Å². The van der Waals surface area contributed by atoms with Crippen LogP contribution in [0.2, 0.25) is 0 Å². The lowest BCUT2D eigenvalue weighted by Crippen LogP contribution is -2.45. The Morgan fingerprint density at radius 2 is 1.96 bits per heavy atom. The molecule has 0 spiro atoms. The van der Waals surface area contributed by atoms with Gasteiger partial charge in [-0.1, -0.05) is 37.3 Å². The Hall–Kier alpha value is -1.62. The predicted octanol–water partition coefficient (Wildman–Crippen LogP) is 2.62. The van der Waals surface area contributed by atoms with Crippen molar-refractivity contribution in [3.8, 4) is 5.75 Å². The van der Waals surface area contributed by atoms with Crippen molar-refractivity contribution in [2.45, 2.75) is 19.9 Å². The molecule has 1 heterocycles. The van der Waals surface area contributed by atoms with Crippen molar-refractivity contribution in [1.82, 2.24) is 15.5 Å². The molecular formula is C20H29N3O. The number of ether oxygens (including phenoxy) is 1. The summed E-state index contributed by atoms with van der Waals surface area (Å²) >= 11 is 0. The highest BCUT2D eigenvalue weighted by atomic mass is 16.5. The molecule has 1 saturated heterocycles. The number of piperazine rings is 1. The molecule has 3 rings (SSSR count). The second kappa shape index (κ2) is 9.02. The molecule has 1 aliphatic heterocycles. The van der Waals surface area contributed by atoms with E-state index in [0.717, 1.165) is 64.6 Å². The van der Waals surface area contributed by atoms with Crippen LogP contribution in [0.3, 0.4) is 0 Å². The van der Waals surface area contributed by atoms with Gasteiger partial charge in [-0.05, 0) is 23.3 Å². The Bertz CT molecular complexity index is 638. The summed E-state index contributed by atoms with van der Waals surface area (Å²) in [4.78, 5) is 2.51. The first-order chi connectivity index (χ1) is 11.9. The van der Waals surface area contributed by atoms with E-state index in [1.165, 1.54) is 16.3 Å². The summed E-state index contributed by atoms with van der Waals surface area (Å²) in [5, 5.41) is 9.59. The van der Waals surface area contributed by atoms with Crippen LogP contribution >= 0.6 is 0 Å². The van der Waals surface area contributed by atoms with Gasteiger partial charge in [-0.3, -0.25) is 4.90 Å². The Balaban J connectivity index is 1.64. The van der Waals surface area contributed by atoms with Crippen LogP contribution in [0.1, 0.15) is 18.9 Å². The number of hydrogen-bond acceptors (Lipinski definition) is 4. The fraction of sp³-hybridized carbons (Fsp3) is 0.500. The van der Waals surface area contributed by atoms with Crippen LogP contribution in [0.25, 0.3) is 10.8 Å². The predicted molar refractivity (Wildman–Crippen MR) is 101 cm³/mol. The van der Waals surface area contributed by atoms with Crippen molar-refractivity contribution in [3.63, 3.8) is 0 Å². The fourth-order valence-electron chi connectivity index (χ4n) is 3.23. The van der Waals surface area contributed by atoms with Gasteiger partial charge in [-0.15, -0.1) is 0 Å².